The van der Waals surface area contributed by atoms with Gasteiger partial charge in [-0.25, -0.2) is 0 Å². The van der Waals surface area contributed by atoms with E-state index >= 15 is 0 Å². The Morgan fingerprint density at radius 3 is 2.79 bits per heavy atom. The molecule has 1 heterocycles. The topological polar surface area (TPSA) is 86.2 Å². The smallest absolute Gasteiger partial charge is 0.266 e. The standard InChI is InChI=1S/C8H11BrN2O3/c9-2-1-6(12)8(14)5-3-11-7(13)4-10-5/h3-4,6,8,12,14H,1-2H2,(H,11,13). The van der Waals surface area contributed by atoms with Crippen molar-refractivity contribution >= 4 is 15.9 Å². The summed E-state index contributed by atoms with van der Waals surface area (Å²) in [6.07, 6.45) is 0.837. The first-order valence-electron chi connectivity index (χ1n) is 4.12. The Bertz CT molecular complexity index is 321. The predicted molar refractivity (Wildman–Crippen MR) is 54.2 cm³/mol. The van der Waals surface area contributed by atoms with Crippen LogP contribution in [0, 0.1) is 0 Å². The van der Waals surface area contributed by atoms with Gasteiger partial charge >= 0.3 is 0 Å². The average Bonchev–Trinajstić information content (AvgIpc) is 2.18. The van der Waals surface area contributed by atoms with Crippen LogP contribution in [0.15, 0.2) is 17.2 Å². The molecule has 0 saturated carbocycles. The molecule has 1 aromatic rings. The first kappa shape index (κ1) is 11.4. The zero-order valence-electron chi connectivity index (χ0n) is 7.35. The van der Waals surface area contributed by atoms with E-state index in [1.54, 1.807) is 0 Å². The van der Waals surface area contributed by atoms with E-state index in [0.29, 0.717) is 11.8 Å². The number of halogens is 1. The lowest BCUT2D eigenvalue weighted by molar-refractivity contribution is 0.0145. The Kier molecular flexibility index (Phi) is 4.24. The van der Waals surface area contributed by atoms with E-state index in [0.717, 1.165) is 6.20 Å². The van der Waals surface area contributed by atoms with Crippen LogP contribution in [0.1, 0.15) is 18.2 Å². The molecule has 1 aromatic heterocycles. The van der Waals surface area contributed by atoms with Gasteiger partial charge < -0.3 is 15.2 Å². The van der Waals surface area contributed by atoms with E-state index in [-0.39, 0.29) is 11.3 Å². The number of nitrogens with zero attached hydrogens (tertiary/aromatic N) is 1. The molecule has 5 nitrogen and oxygen atoms in total. The number of aliphatic hydroxyl groups is 2. The molecular formula is C8H11BrN2O3. The normalized spacial score (nSPS) is 15.1. The van der Waals surface area contributed by atoms with Crippen LogP contribution >= 0.6 is 15.9 Å². The molecule has 0 aliphatic rings. The molecule has 0 spiro atoms. The van der Waals surface area contributed by atoms with Gasteiger partial charge in [0.15, 0.2) is 0 Å². The van der Waals surface area contributed by atoms with Gasteiger partial charge in [-0.05, 0) is 6.42 Å². The van der Waals surface area contributed by atoms with Crippen molar-refractivity contribution in [3.05, 3.63) is 28.4 Å². The maximum atomic E-state index is 10.7. The first-order valence-corrected chi connectivity index (χ1v) is 5.24. The van der Waals surface area contributed by atoms with Crippen LogP contribution in [0.2, 0.25) is 0 Å². The van der Waals surface area contributed by atoms with Crippen molar-refractivity contribution in [1.29, 1.82) is 0 Å². The summed E-state index contributed by atoms with van der Waals surface area (Å²) in [6.45, 7) is 0. The largest absolute Gasteiger partial charge is 0.390 e. The van der Waals surface area contributed by atoms with Crippen molar-refractivity contribution < 1.29 is 10.2 Å². The van der Waals surface area contributed by atoms with Gasteiger partial charge in [0.2, 0.25) is 0 Å². The minimum atomic E-state index is -1.07. The Morgan fingerprint density at radius 2 is 2.29 bits per heavy atom. The molecule has 0 saturated heterocycles. The van der Waals surface area contributed by atoms with Crippen LogP contribution in [-0.2, 0) is 0 Å². The molecule has 14 heavy (non-hydrogen) atoms. The third kappa shape index (κ3) is 2.90. The number of rotatable bonds is 4. The third-order valence-corrected chi connectivity index (χ3v) is 2.22. The van der Waals surface area contributed by atoms with Gasteiger partial charge in [-0.15, -0.1) is 0 Å². The van der Waals surface area contributed by atoms with Crippen LogP contribution in [0.5, 0.6) is 0 Å². The van der Waals surface area contributed by atoms with Crippen LogP contribution in [-0.4, -0.2) is 31.6 Å². The highest BCUT2D eigenvalue weighted by molar-refractivity contribution is 9.09. The quantitative estimate of drug-likeness (QED) is 0.665. The number of aliphatic hydroxyl groups excluding tert-OH is 2. The van der Waals surface area contributed by atoms with E-state index in [2.05, 4.69) is 25.9 Å². The molecule has 0 aromatic carbocycles. The lowest BCUT2D eigenvalue weighted by atomic mass is 10.1. The third-order valence-electron chi connectivity index (χ3n) is 1.77. The van der Waals surface area contributed by atoms with E-state index in [4.69, 9.17) is 0 Å². The number of hydrogen-bond donors (Lipinski definition) is 3. The van der Waals surface area contributed by atoms with Crippen LogP contribution in [0.3, 0.4) is 0 Å². The zero-order valence-corrected chi connectivity index (χ0v) is 8.94. The summed E-state index contributed by atoms with van der Waals surface area (Å²) >= 11 is 3.15. The first-order chi connectivity index (χ1) is 6.65. The highest BCUT2D eigenvalue weighted by atomic mass is 79.9. The number of aromatic nitrogens is 2. The second-order valence-electron chi connectivity index (χ2n) is 2.83. The number of aromatic amines is 1. The minimum Gasteiger partial charge on any atom is -0.390 e. The number of alkyl halides is 1. The van der Waals surface area contributed by atoms with E-state index in [1.165, 1.54) is 6.20 Å². The molecule has 0 aliphatic heterocycles. The van der Waals surface area contributed by atoms with Crippen molar-refractivity contribution in [3.8, 4) is 0 Å². The summed E-state index contributed by atoms with van der Waals surface area (Å²) in [7, 11) is 0. The van der Waals surface area contributed by atoms with E-state index in [9.17, 15) is 15.0 Å². The molecule has 3 N–H and O–H groups in total. The fourth-order valence-corrected chi connectivity index (χ4v) is 1.45. The molecule has 2 unspecified atom stereocenters. The van der Waals surface area contributed by atoms with Gasteiger partial charge in [-0.3, -0.25) is 9.78 Å². The summed E-state index contributed by atoms with van der Waals surface area (Å²) in [5, 5.41) is 19.6. The van der Waals surface area contributed by atoms with Crippen molar-refractivity contribution in [3.63, 3.8) is 0 Å². The number of hydrogen-bond acceptors (Lipinski definition) is 4. The second kappa shape index (κ2) is 5.23. The summed E-state index contributed by atoms with van der Waals surface area (Å²) < 4.78 is 0. The van der Waals surface area contributed by atoms with Crippen molar-refractivity contribution in [2.75, 3.05) is 5.33 Å². The summed E-state index contributed by atoms with van der Waals surface area (Å²) in [5.74, 6) is 0. The molecule has 0 aliphatic carbocycles. The van der Waals surface area contributed by atoms with Crippen molar-refractivity contribution in [2.24, 2.45) is 0 Å². The number of H-pyrrole nitrogens is 1. The molecule has 0 amide bonds. The molecule has 0 fully saturated rings. The van der Waals surface area contributed by atoms with Gasteiger partial charge in [0.1, 0.15) is 6.10 Å². The van der Waals surface area contributed by atoms with Crippen LogP contribution in [0.25, 0.3) is 0 Å². The van der Waals surface area contributed by atoms with Gasteiger partial charge in [-0.1, -0.05) is 15.9 Å². The monoisotopic (exact) mass is 262 g/mol. The Morgan fingerprint density at radius 1 is 1.57 bits per heavy atom. The van der Waals surface area contributed by atoms with Crippen LogP contribution < -0.4 is 5.56 Å². The molecule has 1 rings (SSSR count). The highest BCUT2D eigenvalue weighted by Gasteiger charge is 2.18. The SMILES string of the molecule is O=c1cnc(C(O)C(O)CCBr)c[nH]1. The summed E-state index contributed by atoms with van der Waals surface area (Å²) in [5.41, 5.74) is -0.0750. The summed E-state index contributed by atoms with van der Waals surface area (Å²) in [6, 6.07) is 0. The minimum absolute atomic E-state index is 0.262. The highest BCUT2D eigenvalue weighted by Crippen LogP contribution is 2.15. The molecule has 2 atom stereocenters. The predicted octanol–water partition coefficient (Wildman–Crippen LogP) is -0.0508. The van der Waals surface area contributed by atoms with Crippen molar-refractivity contribution in [2.45, 2.75) is 18.6 Å². The maximum absolute atomic E-state index is 10.7. The van der Waals surface area contributed by atoms with Gasteiger partial charge in [0.25, 0.3) is 5.56 Å². The zero-order chi connectivity index (χ0) is 10.6. The van der Waals surface area contributed by atoms with Crippen molar-refractivity contribution in [1.82, 2.24) is 9.97 Å². The molecule has 0 radical (unpaired) electrons. The molecule has 78 valence electrons. The fraction of sp³-hybridized carbons (Fsp3) is 0.500. The molecular weight excluding hydrogens is 252 g/mol. The van der Waals surface area contributed by atoms with E-state index in [1.807, 2.05) is 0 Å². The fourth-order valence-electron chi connectivity index (χ4n) is 0.981. The summed E-state index contributed by atoms with van der Waals surface area (Å²) in [4.78, 5) is 16.8. The average molecular weight is 263 g/mol. The maximum Gasteiger partial charge on any atom is 0.266 e. The lowest BCUT2D eigenvalue weighted by Crippen LogP contribution is -2.21. The number of nitrogens with one attached hydrogen (secondary N) is 1. The van der Waals surface area contributed by atoms with Gasteiger partial charge in [0, 0.05) is 11.5 Å². The Hall–Kier alpha value is -0.720. The van der Waals surface area contributed by atoms with Gasteiger partial charge in [-0.2, -0.15) is 0 Å². The van der Waals surface area contributed by atoms with Gasteiger partial charge in [0.05, 0.1) is 18.0 Å². The Labute approximate surface area is 88.9 Å². The second-order valence-corrected chi connectivity index (χ2v) is 3.62. The molecule has 6 heteroatoms. The molecule has 0 bridgehead atoms. The van der Waals surface area contributed by atoms with E-state index < -0.39 is 12.2 Å². The van der Waals surface area contributed by atoms with Crippen LogP contribution in [0.4, 0.5) is 0 Å². The lowest BCUT2D eigenvalue weighted by Gasteiger charge is -2.15. The Balaban J connectivity index is 2.73.